The molecule has 0 aromatic heterocycles. The van der Waals surface area contributed by atoms with Gasteiger partial charge in [0.2, 0.25) is 5.91 Å². The smallest absolute Gasteiger partial charge is 0.307 e. The van der Waals surface area contributed by atoms with Gasteiger partial charge in [-0.2, -0.15) is 0 Å². The third kappa shape index (κ3) is 3.33. The highest BCUT2D eigenvalue weighted by Gasteiger charge is 2.19. The van der Waals surface area contributed by atoms with E-state index in [1.165, 1.54) is 0 Å². The number of hydrogen-bond donors (Lipinski definition) is 3. The second kappa shape index (κ2) is 4.95. The van der Waals surface area contributed by atoms with Crippen molar-refractivity contribution in [2.45, 2.75) is 25.8 Å². The third-order valence-electron chi connectivity index (χ3n) is 2.40. The fourth-order valence-electron chi connectivity index (χ4n) is 1.34. The van der Waals surface area contributed by atoms with Crippen LogP contribution in [0, 0.1) is 5.92 Å². The minimum atomic E-state index is -0.794. The summed E-state index contributed by atoms with van der Waals surface area (Å²) >= 11 is 0. The van der Waals surface area contributed by atoms with Gasteiger partial charge in [0.25, 0.3) is 0 Å². The lowest BCUT2D eigenvalue weighted by molar-refractivity contribution is -0.141. The van der Waals surface area contributed by atoms with Crippen LogP contribution < -0.4 is 10.6 Å². The Morgan fingerprint density at radius 3 is 3.00 bits per heavy atom. The second-order valence-corrected chi connectivity index (χ2v) is 3.69. The van der Waals surface area contributed by atoms with E-state index in [9.17, 15) is 9.59 Å². The summed E-state index contributed by atoms with van der Waals surface area (Å²) in [6.45, 7) is 2.72. The highest BCUT2D eigenvalue weighted by Crippen LogP contribution is 2.03. The average Bonchev–Trinajstić information content (AvgIpc) is 2.16. The highest BCUT2D eigenvalue weighted by molar-refractivity contribution is 5.76. The monoisotopic (exact) mass is 200 g/mol. The lowest BCUT2D eigenvalue weighted by Gasteiger charge is -2.24. The van der Waals surface area contributed by atoms with Crippen LogP contribution in [-0.4, -0.2) is 36.1 Å². The zero-order valence-corrected chi connectivity index (χ0v) is 8.25. The van der Waals surface area contributed by atoms with Crippen LogP contribution in [-0.2, 0) is 9.59 Å². The Morgan fingerprint density at radius 1 is 1.79 bits per heavy atom. The van der Waals surface area contributed by atoms with Gasteiger partial charge in [-0.15, -0.1) is 0 Å². The number of hydrogen-bond acceptors (Lipinski definition) is 3. The molecule has 0 radical (unpaired) electrons. The predicted octanol–water partition coefficient (Wildman–Crippen LogP) is -0.425. The summed E-state index contributed by atoms with van der Waals surface area (Å²) in [5, 5.41) is 14.5. The van der Waals surface area contributed by atoms with Gasteiger partial charge in [-0.25, -0.2) is 0 Å². The first-order valence-corrected chi connectivity index (χ1v) is 4.82. The molecule has 5 nitrogen and oxygen atoms in total. The molecule has 0 saturated carbocycles. The minimum Gasteiger partial charge on any atom is -0.481 e. The van der Waals surface area contributed by atoms with Crippen LogP contribution in [0.1, 0.15) is 19.8 Å². The Bertz CT molecular complexity index is 220. The molecule has 1 aliphatic rings. The molecule has 1 amide bonds. The SMILES string of the molecule is CC(CNC1CCC(=O)NC1)C(=O)O. The fourth-order valence-corrected chi connectivity index (χ4v) is 1.34. The van der Waals surface area contributed by atoms with Crippen molar-refractivity contribution < 1.29 is 14.7 Å². The Balaban J connectivity index is 2.19. The van der Waals surface area contributed by atoms with Crippen molar-refractivity contribution in [3.63, 3.8) is 0 Å². The first-order valence-electron chi connectivity index (χ1n) is 4.82. The molecule has 1 rings (SSSR count). The van der Waals surface area contributed by atoms with Crippen LogP contribution in [0.3, 0.4) is 0 Å². The van der Waals surface area contributed by atoms with Crippen molar-refractivity contribution in [2.75, 3.05) is 13.1 Å². The van der Waals surface area contributed by atoms with Gasteiger partial charge in [-0.05, 0) is 6.42 Å². The van der Waals surface area contributed by atoms with Gasteiger partial charge in [-0.3, -0.25) is 9.59 Å². The number of nitrogens with one attached hydrogen (secondary N) is 2. The van der Waals surface area contributed by atoms with Gasteiger partial charge in [0, 0.05) is 25.6 Å². The van der Waals surface area contributed by atoms with Crippen LogP contribution in [0.4, 0.5) is 0 Å². The summed E-state index contributed by atoms with van der Waals surface area (Å²) in [5.74, 6) is -1.10. The van der Waals surface area contributed by atoms with Crippen molar-refractivity contribution in [1.29, 1.82) is 0 Å². The fraction of sp³-hybridized carbons (Fsp3) is 0.778. The van der Waals surface area contributed by atoms with Gasteiger partial charge in [-0.1, -0.05) is 6.92 Å². The van der Waals surface area contributed by atoms with E-state index in [1.54, 1.807) is 6.92 Å². The molecule has 1 fully saturated rings. The standard InChI is InChI=1S/C9H16N2O3/c1-6(9(13)14)4-10-7-2-3-8(12)11-5-7/h6-7,10H,2-5H2,1H3,(H,11,12)(H,13,14). The van der Waals surface area contributed by atoms with Gasteiger partial charge < -0.3 is 15.7 Å². The number of rotatable bonds is 4. The summed E-state index contributed by atoms with van der Waals surface area (Å²) in [4.78, 5) is 21.3. The molecule has 3 N–H and O–H groups in total. The normalized spacial score (nSPS) is 24.1. The van der Waals surface area contributed by atoms with E-state index < -0.39 is 5.97 Å². The first-order chi connectivity index (χ1) is 6.59. The molecule has 5 heteroatoms. The van der Waals surface area contributed by atoms with E-state index in [0.29, 0.717) is 19.5 Å². The van der Waals surface area contributed by atoms with Crippen LogP contribution in [0.2, 0.25) is 0 Å². The van der Waals surface area contributed by atoms with E-state index >= 15 is 0 Å². The number of carbonyl (C=O) groups excluding carboxylic acids is 1. The third-order valence-corrected chi connectivity index (χ3v) is 2.40. The predicted molar refractivity (Wildman–Crippen MR) is 50.8 cm³/mol. The maximum absolute atomic E-state index is 10.8. The molecule has 80 valence electrons. The molecule has 0 spiro atoms. The zero-order valence-electron chi connectivity index (χ0n) is 8.25. The molecular weight excluding hydrogens is 184 g/mol. The van der Waals surface area contributed by atoms with E-state index in [4.69, 9.17) is 5.11 Å². The molecule has 0 aliphatic carbocycles. The molecule has 2 atom stereocenters. The number of aliphatic carboxylic acids is 1. The Morgan fingerprint density at radius 2 is 2.50 bits per heavy atom. The number of carbonyl (C=O) groups is 2. The quantitative estimate of drug-likeness (QED) is 0.575. The van der Waals surface area contributed by atoms with E-state index in [0.717, 1.165) is 6.42 Å². The molecule has 1 saturated heterocycles. The number of carboxylic acid groups (broad SMARTS) is 1. The molecule has 14 heavy (non-hydrogen) atoms. The Kier molecular flexibility index (Phi) is 3.88. The lowest BCUT2D eigenvalue weighted by atomic mass is 10.1. The number of amides is 1. The van der Waals surface area contributed by atoms with E-state index in [-0.39, 0.29) is 17.9 Å². The summed E-state index contributed by atoms with van der Waals surface area (Å²) in [6, 6.07) is 0.217. The van der Waals surface area contributed by atoms with Gasteiger partial charge in [0.05, 0.1) is 5.92 Å². The maximum atomic E-state index is 10.8. The maximum Gasteiger partial charge on any atom is 0.307 e. The molecule has 1 aliphatic heterocycles. The van der Waals surface area contributed by atoms with Crippen LogP contribution in [0.25, 0.3) is 0 Å². The number of carboxylic acids is 1. The Hall–Kier alpha value is -1.10. The lowest BCUT2D eigenvalue weighted by Crippen LogP contribution is -2.47. The molecule has 2 unspecified atom stereocenters. The summed E-state index contributed by atoms with van der Waals surface area (Å²) in [7, 11) is 0. The van der Waals surface area contributed by atoms with Crippen molar-refractivity contribution in [3.8, 4) is 0 Å². The minimum absolute atomic E-state index is 0.0781. The van der Waals surface area contributed by atoms with Crippen molar-refractivity contribution in [1.82, 2.24) is 10.6 Å². The van der Waals surface area contributed by atoms with Crippen LogP contribution >= 0.6 is 0 Å². The second-order valence-electron chi connectivity index (χ2n) is 3.69. The van der Waals surface area contributed by atoms with E-state index in [2.05, 4.69) is 10.6 Å². The van der Waals surface area contributed by atoms with Crippen molar-refractivity contribution in [3.05, 3.63) is 0 Å². The first kappa shape index (κ1) is 11.0. The largest absolute Gasteiger partial charge is 0.481 e. The van der Waals surface area contributed by atoms with E-state index in [1.807, 2.05) is 0 Å². The van der Waals surface area contributed by atoms with Gasteiger partial charge >= 0.3 is 5.97 Å². The topological polar surface area (TPSA) is 78.4 Å². The van der Waals surface area contributed by atoms with Crippen molar-refractivity contribution >= 4 is 11.9 Å². The molecule has 0 bridgehead atoms. The van der Waals surface area contributed by atoms with Gasteiger partial charge in [0.1, 0.15) is 0 Å². The van der Waals surface area contributed by atoms with Crippen LogP contribution in [0.5, 0.6) is 0 Å². The molecule has 0 aromatic rings. The average molecular weight is 200 g/mol. The van der Waals surface area contributed by atoms with Crippen LogP contribution in [0.15, 0.2) is 0 Å². The van der Waals surface area contributed by atoms with Crippen molar-refractivity contribution in [2.24, 2.45) is 5.92 Å². The van der Waals surface area contributed by atoms with Gasteiger partial charge in [0.15, 0.2) is 0 Å². The molecule has 0 aromatic carbocycles. The molecular formula is C9H16N2O3. The zero-order chi connectivity index (χ0) is 10.6. The Labute approximate surface area is 82.9 Å². The summed E-state index contributed by atoms with van der Waals surface area (Å²) < 4.78 is 0. The summed E-state index contributed by atoms with van der Waals surface area (Å²) in [6.07, 6.45) is 1.32. The summed E-state index contributed by atoms with van der Waals surface area (Å²) in [5.41, 5.74) is 0. The molecule has 1 heterocycles. The highest BCUT2D eigenvalue weighted by atomic mass is 16.4. The number of piperidine rings is 1.